The quantitative estimate of drug-likeness (QED) is 0.744. The molecule has 30 heavy (non-hydrogen) atoms. The number of rotatable bonds is 5. The van der Waals surface area contributed by atoms with Gasteiger partial charge in [0.1, 0.15) is 11.5 Å². The monoisotopic (exact) mass is 411 g/mol. The molecule has 2 aliphatic rings. The van der Waals surface area contributed by atoms with Crippen molar-refractivity contribution >= 4 is 5.91 Å². The maximum Gasteiger partial charge on any atom is 0.260 e. The lowest BCUT2D eigenvalue weighted by Crippen LogP contribution is -2.49. The van der Waals surface area contributed by atoms with Gasteiger partial charge in [0.15, 0.2) is 6.61 Å². The number of benzene rings is 1. The fourth-order valence-corrected chi connectivity index (χ4v) is 5.13. The van der Waals surface area contributed by atoms with Crippen molar-refractivity contribution in [3.8, 4) is 5.75 Å². The van der Waals surface area contributed by atoms with Gasteiger partial charge in [-0.05, 0) is 71.0 Å². The van der Waals surface area contributed by atoms with Crippen LogP contribution in [0.25, 0.3) is 0 Å². The molecule has 1 atom stereocenters. The number of carbonyl (C=O) groups excluding carboxylic acids is 1. The van der Waals surface area contributed by atoms with Crippen LogP contribution in [0.3, 0.4) is 0 Å². The number of carbonyl (C=O) groups is 1. The van der Waals surface area contributed by atoms with E-state index in [-0.39, 0.29) is 18.1 Å². The first kappa shape index (κ1) is 20.9. The van der Waals surface area contributed by atoms with Crippen LogP contribution in [0.2, 0.25) is 0 Å². The van der Waals surface area contributed by atoms with Crippen LogP contribution < -0.4 is 4.74 Å². The van der Waals surface area contributed by atoms with E-state index in [2.05, 4.69) is 15.0 Å². The van der Waals surface area contributed by atoms with E-state index in [1.54, 1.807) is 0 Å². The van der Waals surface area contributed by atoms with Crippen molar-refractivity contribution in [1.29, 1.82) is 0 Å². The van der Waals surface area contributed by atoms with Crippen molar-refractivity contribution < 1.29 is 14.1 Å². The van der Waals surface area contributed by atoms with Crippen LogP contribution in [0.15, 0.2) is 28.8 Å². The average Bonchev–Trinajstić information content (AvgIpc) is 3.21. The van der Waals surface area contributed by atoms with E-state index >= 15 is 0 Å². The minimum atomic E-state index is -0.0142. The van der Waals surface area contributed by atoms with Gasteiger partial charge < -0.3 is 14.2 Å². The number of amides is 1. The molecule has 162 valence electrons. The molecule has 1 aromatic carbocycles. The third kappa shape index (κ3) is 4.24. The summed E-state index contributed by atoms with van der Waals surface area (Å²) in [4.78, 5) is 17.7. The van der Waals surface area contributed by atoms with Gasteiger partial charge in [-0.25, -0.2) is 0 Å². The standard InChI is InChI=1S/C24H33N3O3/c1-18-8-4-5-9-22(18)29-17-23(28)27-14-7-11-24(27)10-6-13-26(15-12-24)16-21-19(2)25-30-20(21)3/h4-5,8-9H,6-7,10-17H2,1-3H3/t24-/m0/s1. The summed E-state index contributed by atoms with van der Waals surface area (Å²) in [6, 6.07) is 7.87. The minimum absolute atomic E-state index is 0.0142. The Labute approximate surface area is 179 Å². The summed E-state index contributed by atoms with van der Waals surface area (Å²) in [5, 5.41) is 4.09. The van der Waals surface area contributed by atoms with E-state index < -0.39 is 0 Å². The van der Waals surface area contributed by atoms with Gasteiger partial charge in [0.2, 0.25) is 0 Å². The molecule has 2 aromatic rings. The summed E-state index contributed by atoms with van der Waals surface area (Å²) >= 11 is 0. The Kier molecular flexibility index (Phi) is 6.14. The summed E-state index contributed by atoms with van der Waals surface area (Å²) in [5.41, 5.74) is 3.24. The average molecular weight is 412 g/mol. The highest BCUT2D eigenvalue weighted by Gasteiger charge is 2.44. The van der Waals surface area contributed by atoms with E-state index in [0.717, 1.165) is 81.1 Å². The molecule has 1 spiro atoms. The van der Waals surface area contributed by atoms with Crippen LogP contribution in [0.4, 0.5) is 0 Å². The topological polar surface area (TPSA) is 58.8 Å². The van der Waals surface area contributed by atoms with Crippen LogP contribution in [-0.4, -0.2) is 52.6 Å². The fourth-order valence-electron chi connectivity index (χ4n) is 5.13. The number of hydrogen-bond acceptors (Lipinski definition) is 5. The second-order valence-electron chi connectivity index (χ2n) is 8.86. The first-order chi connectivity index (χ1) is 14.5. The smallest absolute Gasteiger partial charge is 0.260 e. The number of hydrogen-bond donors (Lipinski definition) is 0. The number of para-hydroxylation sites is 1. The first-order valence-corrected chi connectivity index (χ1v) is 11.1. The molecule has 1 aromatic heterocycles. The Morgan fingerprint density at radius 3 is 2.60 bits per heavy atom. The van der Waals surface area contributed by atoms with Gasteiger partial charge in [-0.2, -0.15) is 0 Å². The zero-order valence-corrected chi connectivity index (χ0v) is 18.4. The molecule has 0 bridgehead atoms. The van der Waals surface area contributed by atoms with Gasteiger partial charge in [-0.15, -0.1) is 0 Å². The highest BCUT2D eigenvalue weighted by molar-refractivity contribution is 5.79. The molecule has 2 saturated heterocycles. The number of nitrogens with zero attached hydrogens (tertiary/aromatic N) is 3. The maximum absolute atomic E-state index is 13.1. The molecule has 4 rings (SSSR count). The Morgan fingerprint density at radius 2 is 1.87 bits per heavy atom. The summed E-state index contributed by atoms with van der Waals surface area (Å²) in [5.74, 6) is 1.83. The number of aryl methyl sites for hydroxylation is 3. The van der Waals surface area contributed by atoms with Crippen molar-refractivity contribution in [3.05, 3.63) is 46.8 Å². The molecule has 1 amide bonds. The van der Waals surface area contributed by atoms with Gasteiger partial charge in [-0.1, -0.05) is 23.4 Å². The SMILES string of the molecule is Cc1ccccc1OCC(=O)N1CCC[C@]12CCCN(Cc1c(C)noc1C)CC2. The van der Waals surface area contributed by atoms with Crippen LogP contribution in [-0.2, 0) is 11.3 Å². The molecule has 0 radical (unpaired) electrons. The predicted octanol–water partition coefficient (Wildman–Crippen LogP) is 4.03. The van der Waals surface area contributed by atoms with Crippen LogP contribution in [0.5, 0.6) is 5.75 Å². The fraction of sp³-hybridized carbons (Fsp3) is 0.583. The van der Waals surface area contributed by atoms with Gasteiger partial charge in [0.25, 0.3) is 5.91 Å². The van der Waals surface area contributed by atoms with Crippen LogP contribution in [0, 0.1) is 20.8 Å². The predicted molar refractivity (Wildman–Crippen MR) is 115 cm³/mol. The Morgan fingerprint density at radius 1 is 1.10 bits per heavy atom. The number of likely N-dealkylation sites (tertiary alicyclic amines) is 2. The van der Waals surface area contributed by atoms with E-state index in [1.165, 1.54) is 5.56 Å². The summed E-state index contributed by atoms with van der Waals surface area (Å²) in [7, 11) is 0. The highest BCUT2D eigenvalue weighted by atomic mass is 16.5. The Hall–Kier alpha value is -2.34. The molecule has 6 nitrogen and oxygen atoms in total. The minimum Gasteiger partial charge on any atom is -0.484 e. The Balaban J connectivity index is 1.39. The van der Waals surface area contributed by atoms with E-state index in [1.807, 2.05) is 45.0 Å². The van der Waals surface area contributed by atoms with Crippen LogP contribution >= 0.6 is 0 Å². The van der Waals surface area contributed by atoms with Crippen molar-refractivity contribution in [2.24, 2.45) is 0 Å². The van der Waals surface area contributed by atoms with E-state index in [9.17, 15) is 4.79 Å². The summed E-state index contributed by atoms with van der Waals surface area (Å²) in [6.07, 6.45) is 5.38. The lowest BCUT2D eigenvalue weighted by Gasteiger charge is -2.38. The van der Waals surface area contributed by atoms with Crippen LogP contribution in [0.1, 0.15) is 54.7 Å². The third-order valence-corrected chi connectivity index (χ3v) is 6.92. The molecule has 0 unspecified atom stereocenters. The number of aromatic nitrogens is 1. The molecular weight excluding hydrogens is 378 g/mol. The first-order valence-electron chi connectivity index (χ1n) is 11.1. The van der Waals surface area contributed by atoms with Gasteiger partial charge in [0, 0.05) is 30.7 Å². The zero-order valence-electron chi connectivity index (χ0n) is 18.4. The molecule has 6 heteroatoms. The van der Waals surface area contributed by atoms with Gasteiger partial charge in [-0.3, -0.25) is 9.69 Å². The second-order valence-corrected chi connectivity index (χ2v) is 8.86. The van der Waals surface area contributed by atoms with Gasteiger partial charge >= 0.3 is 0 Å². The normalized spacial score (nSPS) is 22.4. The molecule has 2 fully saturated rings. The Bertz CT molecular complexity index is 874. The molecule has 2 aliphatic heterocycles. The number of ether oxygens (including phenoxy) is 1. The molecule has 0 N–H and O–H groups in total. The van der Waals surface area contributed by atoms with E-state index in [0.29, 0.717) is 0 Å². The maximum atomic E-state index is 13.1. The summed E-state index contributed by atoms with van der Waals surface area (Å²) < 4.78 is 11.2. The van der Waals surface area contributed by atoms with E-state index in [4.69, 9.17) is 9.26 Å². The molecule has 3 heterocycles. The highest BCUT2D eigenvalue weighted by Crippen LogP contribution is 2.39. The molecule has 0 saturated carbocycles. The molecular formula is C24H33N3O3. The zero-order chi connectivity index (χ0) is 21.1. The lowest BCUT2D eigenvalue weighted by molar-refractivity contribution is -0.138. The van der Waals surface area contributed by atoms with Crippen molar-refractivity contribution in [2.75, 3.05) is 26.2 Å². The summed E-state index contributed by atoms with van der Waals surface area (Å²) in [6.45, 7) is 9.89. The molecule has 0 aliphatic carbocycles. The van der Waals surface area contributed by atoms with Gasteiger partial charge in [0.05, 0.1) is 5.69 Å². The third-order valence-electron chi connectivity index (χ3n) is 6.92. The van der Waals surface area contributed by atoms with Crippen molar-refractivity contribution in [2.45, 2.75) is 65.0 Å². The lowest BCUT2D eigenvalue weighted by atomic mass is 9.87. The largest absolute Gasteiger partial charge is 0.484 e. The van der Waals surface area contributed by atoms with Crippen molar-refractivity contribution in [1.82, 2.24) is 15.0 Å². The second kappa shape index (κ2) is 8.80. The van der Waals surface area contributed by atoms with Crippen molar-refractivity contribution in [3.63, 3.8) is 0 Å².